The summed E-state index contributed by atoms with van der Waals surface area (Å²) in [4.78, 5) is 22.3. The molecular formula is C15H19NO4. The summed E-state index contributed by atoms with van der Waals surface area (Å²) >= 11 is 0. The largest absolute Gasteiger partial charge is 0.497 e. The van der Waals surface area contributed by atoms with Gasteiger partial charge in [0.1, 0.15) is 5.75 Å². The van der Waals surface area contributed by atoms with Crippen LogP contribution in [0.15, 0.2) is 30.3 Å². The number of hydrogen-bond donors (Lipinski definition) is 2. The van der Waals surface area contributed by atoms with Gasteiger partial charge >= 0.3 is 5.97 Å². The zero-order valence-corrected chi connectivity index (χ0v) is 11.6. The first-order valence-electron chi connectivity index (χ1n) is 6.39. The molecule has 20 heavy (non-hydrogen) atoms. The molecule has 0 aliphatic rings. The molecule has 0 aromatic heterocycles. The van der Waals surface area contributed by atoms with E-state index in [1.54, 1.807) is 19.3 Å². The molecule has 0 bridgehead atoms. The van der Waals surface area contributed by atoms with E-state index in [1.807, 2.05) is 25.1 Å². The summed E-state index contributed by atoms with van der Waals surface area (Å²) in [5.74, 6) is -0.514. The maximum Gasteiger partial charge on any atom is 0.305 e. The fourth-order valence-corrected chi connectivity index (χ4v) is 1.67. The smallest absolute Gasteiger partial charge is 0.305 e. The Bertz CT molecular complexity index is 496. The molecule has 5 heteroatoms. The summed E-state index contributed by atoms with van der Waals surface area (Å²) in [7, 11) is 1.58. The van der Waals surface area contributed by atoms with Crippen LogP contribution in [0.1, 0.15) is 25.3 Å². The van der Waals surface area contributed by atoms with Gasteiger partial charge in [-0.05, 0) is 30.2 Å². The molecule has 1 rings (SSSR count). The molecule has 1 unspecified atom stereocenters. The number of rotatable bonds is 7. The summed E-state index contributed by atoms with van der Waals surface area (Å²) in [6.45, 7) is 1.83. The number of carboxylic acids is 1. The minimum Gasteiger partial charge on any atom is -0.497 e. The Kier molecular flexibility index (Phi) is 6.29. The number of carboxylic acid groups (broad SMARTS) is 1. The lowest BCUT2D eigenvalue weighted by atomic mass is 10.1. The summed E-state index contributed by atoms with van der Waals surface area (Å²) in [6.07, 6.45) is 3.55. The first-order valence-corrected chi connectivity index (χ1v) is 6.39. The van der Waals surface area contributed by atoms with Gasteiger partial charge in [0.15, 0.2) is 0 Å². The van der Waals surface area contributed by atoms with Crippen molar-refractivity contribution in [2.45, 2.75) is 25.8 Å². The van der Waals surface area contributed by atoms with Gasteiger partial charge in [0.05, 0.1) is 13.5 Å². The highest BCUT2D eigenvalue weighted by Crippen LogP contribution is 2.13. The number of benzene rings is 1. The van der Waals surface area contributed by atoms with Crippen molar-refractivity contribution in [3.63, 3.8) is 0 Å². The Morgan fingerprint density at radius 2 is 2.20 bits per heavy atom. The van der Waals surface area contributed by atoms with Crippen LogP contribution in [0.3, 0.4) is 0 Å². The first-order chi connectivity index (χ1) is 9.55. The third-order valence-corrected chi connectivity index (χ3v) is 2.78. The van der Waals surface area contributed by atoms with E-state index >= 15 is 0 Å². The number of carbonyl (C=O) groups excluding carboxylic acids is 1. The van der Waals surface area contributed by atoms with Gasteiger partial charge in [-0.15, -0.1) is 0 Å². The van der Waals surface area contributed by atoms with Crippen molar-refractivity contribution in [1.29, 1.82) is 0 Å². The number of aliphatic carboxylic acids is 1. The molecule has 0 radical (unpaired) electrons. The summed E-state index contributed by atoms with van der Waals surface area (Å²) < 4.78 is 5.09. The minimum atomic E-state index is -0.922. The predicted octanol–water partition coefficient (Wildman–Crippen LogP) is 2.08. The molecular weight excluding hydrogens is 258 g/mol. The average Bonchev–Trinajstić information content (AvgIpc) is 2.44. The molecule has 0 heterocycles. The second-order valence-electron chi connectivity index (χ2n) is 4.32. The summed E-state index contributed by atoms with van der Waals surface area (Å²) in [5.41, 5.74) is 0.839. The number of ether oxygens (including phenoxy) is 1. The summed E-state index contributed by atoms with van der Waals surface area (Å²) in [5, 5.41) is 11.4. The predicted molar refractivity (Wildman–Crippen MR) is 76.5 cm³/mol. The molecule has 1 aromatic rings. The topological polar surface area (TPSA) is 75.6 Å². The molecule has 0 aliphatic heterocycles. The van der Waals surface area contributed by atoms with Gasteiger partial charge in [-0.2, -0.15) is 0 Å². The van der Waals surface area contributed by atoms with Gasteiger partial charge in [-0.1, -0.05) is 19.1 Å². The van der Waals surface area contributed by atoms with Crippen LogP contribution in [0.5, 0.6) is 5.75 Å². The highest BCUT2D eigenvalue weighted by atomic mass is 16.5. The molecule has 0 spiro atoms. The molecule has 1 amide bonds. The quantitative estimate of drug-likeness (QED) is 0.748. The van der Waals surface area contributed by atoms with E-state index in [9.17, 15) is 9.59 Å². The van der Waals surface area contributed by atoms with E-state index in [4.69, 9.17) is 9.84 Å². The fourth-order valence-electron chi connectivity index (χ4n) is 1.67. The number of nitrogens with one attached hydrogen (secondary N) is 1. The summed E-state index contributed by atoms with van der Waals surface area (Å²) in [6, 6.07) is 6.95. The molecule has 0 saturated carbocycles. The van der Waals surface area contributed by atoms with E-state index < -0.39 is 5.97 Å². The Hall–Kier alpha value is -2.30. The third kappa shape index (κ3) is 5.56. The van der Waals surface area contributed by atoms with E-state index in [0.717, 1.165) is 5.56 Å². The highest BCUT2D eigenvalue weighted by molar-refractivity contribution is 5.92. The first kappa shape index (κ1) is 15.8. The van der Waals surface area contributed by atoms with Gasteiger partial charge in [-0.3, -0.25) is 9.59 Å². The van der Waals surface area contributed by atoms with Gasteiger partial charge < -0.3 is 15.2 Å². The van der Waals surface area contributed by atoms with Crippen molar-refractivity contribution < 1.29 is 19.4 Å². The Morgan fingerprint density at radius 1 is 1.45 bits per heavy atom. The van der Waals surface area contributed by atoms with Crippen LogP contribution in [0.4, 0.5) is 0 Å². The van der Waals surface area contributed by atoms with Crippen LogP contribution in [-0.4, -0.2) is 30.1 Å². The molecule has 0 saturated heterocycles. The van der Waals surface area contributed by atoms with Gasteiger partial charge in [-0.25, -0.2) is 0 Å². The minimum absolute atomic E-state index is 0.0742. The third-order valence-electron chi connectivity index (χ3n) is 2.78. The molecule has 2 N–H and O–H groups in total. The lowest BCUT2D eigenvalue weighted by Crippen LogP contribution is -2.34. The molecule has 1 aromatic carbocycles. The van der Waals surface area contributed by atoms with Crippen molar-refractivity contribution in [3.8, 4) is 5.75 Å². The van der Waals surface area contributed by atoms with Crippen LogP contribution in [0.2, 0.25) is 0 Å². The lowest BCUT2D eigenvalue weighted by molar-refractivity contribution is -0.137. The number of amides is 1. The average molecular weight is 277 g/mol. The second-order valence-corrected chi connectivity index (χ2v) is 4.32. The van der Waals surface area contributed by atoms with Crippen LogP contribution in [-0.2, 0) is 9.59 Å². The fraction of sp³-hybridized carbons (Fsp3) is 0.333. The van der Waals surface area contributed by atoms with E-state index in [-0.39, 0.29) is 18.4 Å². The standard InChI is InChI=1S/C15H19NO4/c1-3-12(10-15(18)19)16-14(17)8-7-11-5-4-6-13(9-11)20-2/h4-9,12H,3,10H2,1-2H3,(H,16,17)(H,18,19)/b8-7+. The zero-order valence-electron chi connectivity index (χ0n) is 11.6. The van der Waals surface area contributed by atoms with Crippen LogP contribution in [0, 0.1) is 0 Å². The second kappa shape index (κ2) is 7.99. The van der Waals surface area contributed by atoms with Crippen LogP contribution in [0.25, 0.3) is 6.08 Å². The molecule has 5 nitrogen and oxygen atoms in total. The van der Waals surface area contributed by atoms with E-state index in [0.29, 0.717) is 12.2 Å². The molecule has 0 fully saturated rings. The van der Waals surface area contributed by atoms with Crippen molar-refractivity contribution in [1.82, 2.24) is 5.32 Å². The van der Waals surface area contributed by atoms with E-state index in [1.165, 1.54) is 6.08 Å². The van der Waals surface area contributed by atoms with Gasteiger partial charge in [0, 0.05) is 12.1 Å². The van der Waals surface area contributed by atoms with Gasteiger partial charge in [0.2, 0.25) is 5.91 Å². The Balaban J connectivity index is 2.60. The van der Waals surface area contributed by atoms with Crippen molar-refractivity contribution in [3.05, 3.63) is 35.9 Å². The number of carbonyl (C=O) groups is 2. The van der Waals surface area contributed by atoms with Crippen LogP contribution < -0.4 is 10.1 Å². The molecule has 108 valence electrons. The highest BCUT2D eigenvalue weighted by Gasteiger charge is 2.12. The zero-order chi connectivity index (χ0) is 15.0. The molecule has 0 aliphatic carbocycles. The maximum atomic E-state index is 11.7. The number of methoxy groups -OCH3 is 1. The van der Waals surface area contributed by atoms with E-state index in [2.05, 4.69) is 5.32 Å². The van der Waals surface area contributed by atoms with Crippen LogP contribution >= 0.6 is 0 Å². The SMILES string of the molecule is CCC(CC(=O)O)NC(=O)/C=C/c1cccc(OC)c1. The maximum absolute atomic E-state index is 11.7. The molecule has 1 atom stereocenters. The lowest BCUT2D eigenvalue weighted by Gasteiger charge is -2.12. The monoisotopic (exact) mass is 277 g/mol. The normalized spacial score (nSPS) is 12.1. The van der Waals surface area contributed by atoms with Crippen molar-refractivity contribution in [2.24, 2.45) is 0 Å². The number of hydrogen-bond acceptors (Lipinski definition) is 3. The van der Waals surface area contributed by atoms with Gasteiger partial charge in [0.25, 0.3) is 0 Å². The van der Waals surface area contributed by atoms with Crippen molar-refractivity contribution in [2.75, 3.05) is 7.11 Å². The Labute approximate surface area is 118 Å². The van der Waals surface area contributed by atoms with Crippen molar-refractivity contribution >= 4 is 18.0 Å². The Morgan fingerprint density at radius 3 is 2.80 bits per heavy atom.